The molecule has 0 atom stereocenters. The van der Waals surface area contributed by atoms with Crippen LogP contribution in [-0.4, -0.2) is 12.4 Å². The molecule has 82 valence electrons. The monoisotopic (exact) mass is 214 g/mol. The summed E-state index contributed by atoms with van der Waals surface area (Å²) in [5.41, 5.74) is 0. The van der Waals surface area contributed by atoms with E-state index in [0.29, 0.717) is 12.8 Å². The zero-order chi connectivity index (χ0) is 11.3. The van der Waals surface area contributed by atoms with Crippen molar-refractivity contribution < 1.29 is 18.3 Å². The Labute approximate surface area is 86.9 Å². The van der Waals surface area contributed by atoms with Gasteiger partial charge in [-0.15, -0.1) is 0 Å². The molecule has 1 aromatic carbocycles. The molecule has 0 spiro atoms. The summed E-state index contributed by atoms with van der Waals surface area (Å²) in [5.74, 6) is -1.60. The molecule has 0 aromatic heterocycles. The zero-order valence-electron chi connectivity index (χ0n) is 8.43. The molecular formula is C11H12F2O2. The Morgan fingerprint density at radius 3 is 2.80 bits per heavy atom. The van der Waals surface area contributed by atoms with Crippen LogP contribution < -0.4 is 4.74 Å². The number of Topliss-reactive ketones (excluding diaryl/α,β-unsaturated/α-hetero) is 1. The van der Waals surface area contributed by atoms with E-state index in [2.05, 4.69) is 0 Å². The lowest BCUT2D eigenvalue weighted by atomic mass is 10.2. The summed E-state index contributed by atoms with van der Waals surface area (Å²) in [6, 6.07) is 2.89. The van der Waals surface area contributed by atoms with Crippen molar-refractivity contribution in [2.24, 2.45) is 0 Å². The fourth-order valence-corrected chi connectivity index (χ4v) is 1.10. The number of carbonyl (C=O) groups excluding carboxylic acids is 1. The molecule has 0 aliphatic heterocycles. The van der Waals surface area contributed by atoms with Crippen LogP contribution in [0.4, 0.5) is 8.78 Å². The van der Waals surface area contributed by atoms with Crippen LogP contribution in [0.1, 0.15) is 19.8 Å². The Hall–Kier alpha value is -1.45. The highest BCUT2D eigenvalue weighted by Gasteiger charge is 2.07. The largest absolute Gasteiger partial charge is 0.483 e. The zero-order valence-corrected chi connectivity index (χ0v) is 8.43. The minimum atomic E-state index is -0.666. The van der Waals surface area contributed by atoms with Crippen molar-refractivity contribution in [3.05, 3.63) is 29.8 Å². The molecule has 4 heteroatoms. The number of rotatable bonds is 5. The van der Waals surface area contributed by atoms with Gasteiger partial charge in [0.25, 0.3) is 0 Å². The molecule has 0 aliphatic carbocycles. The van der Waals surface area contributed by atoms with Crippen LogP contribution in [0.25, 0.3) is 0 Å². The summed E-state index contributed by atoms with van der Waals surface area (Å²) >= 11 is 0. The Kier molecular flexibility index (Phi) is 4.21. The van der Waals surface area contributed by atoms with Gasteiger partial charge in [-0.3, -0.25) is 4.79 Å². The second kappa shape index (κ2) is 5.44. The Morgan fingerprint density at radius 1 is 1.40 bits per heavy atom. The summed E-state index contributed by atoms with van der Waals surface area (Å²) in [7, 11) is 0. The highest BCUT2D eigenvalue weighted by molar-refractivity contribution is 5.79. The van der Waals surface area contributed by atoms with Gasteiger partial charge >= 0.3 is 0 Å². The molecule has 0 bridgehead atoms. The average Bonchev–Trinajstić information content (AvgIpc) is 2.20. The molecule has 0 aliphatic rings. The number of ether oxygens (including phenoxy) is 1. The predicted molar refractivity (Wildman–Crippen MR) is 51.8 cm³/mol. The molecule has 1 aromatic rings. The molecule has 0 radical (unpaired) electrons. The molecule has 0 fully saturated rings. The standard InChI is InChI=1S/C11H12F2O2/c1-2-3-9(14)7-15-11-6-8(12)4-5-10(11)13/h4-6H,2-3,7H2,1H3. The molecule has 0 saturated carbocycles. The van der Waals surface area contributed by atoms with Gasteiger partial charge in [-0.05, 0) is 18.6 Å². The highest BCUT2D eigenvalue weighted by Crippen LogP contribution is 2.17. The SMILES string of the molecule is CCCC(=O)COc1cc(F)ccc1F. The van der Waals surface area contributed by atoms with Crippen LogP contribution in [0.2, 0.25) is 0 Å². The minimum Gasteiger partial charge on any atom is -0.483 e. The quantitative estimate of drug-likeness (QED) is 0.753. The van der Waals surface area contributed by atoms with Crippen LogP contribution in [0.3, 0.4) is 0 Å². The van der Waals surface area contributed by atoms with Gasteiger partial charge in [-0.25, -0.2) is 8.78 Å². The molecule has 0 amide bonds. The van der Waals surface area contributed by atoms with E-state index in [4.69, 9.17) is 4.74 Å². The van der Waals surface area contributed by atoms with Gasteiger partial charge in [0, 0.05) is 12.5 Å². The van der Waals surface area contributed by atoms with Crippen LogP contribution in [-0.2, 0) is 4.79 Å². The van der Waals surface area contributed by atoms with E-state index in [9.17, 15) is 13.6 Å². The summed E-state index contributed by atoms with van der Waals surface area (Å²) < 4.78 is 30.6. The number of carbonyl (C=O) groups is 1. The minimum absolute atomic E-state index is 0.124. The van der Waals surface area contributed by atoms with Gasteiger partial charge in [0.2, 0.25) is 0 Å². The Bertz CT molecular complexity index is 350. The number of ketones is 1. The van der Waals surface area contributed by atoms with Crippen molar-refractivity contribution in [1.82, 2.24) is 0 Å². The van der Waals surface area contributed by atoms with E-state index in [1.54, 1.807) is 0 Å². The van der Waals surface area contributed by atoms with Crippen molar-refractivity contribution >= 4 is 5.78 Å². The first kappa shape index (κ1) is 11.6. The summed E-state index contributed by atoms with van der Waals surface area (Å²) in [6.07, 6.45) is 1.10. The third-order valence-corrected chi connectivity index (χ3v) is 1.81. The summed E-state index contributed by atoms with van der Waals surface area (Å²) in [5, 5.41) is 0. The van der Waals surface area contributed by atoms with E-state index in [1.165, 1.54) is 0 Å². The first-order valence-corrected chi connectivity index (χ1v) is 4.73. The van der Waals surface area contributed by atoms with E-state index in [1.807, 2.05) is 6.92 Å². The fraction of sp³-hybridized carbons (Fsp3) is 0.364. The third kappa shape index (κ3) is 3.65. The Morgan fingerprint density at radius 2 is 2.13 bits per heavy atom. The Balaban J connectivity index is 2.57. The molecule has 0 unspecified atom stereocenters. The van der Waals surface area contributed by atoms with Gasteiger partial charge in [0.15, 0.2) is 17.3 Å². The molecule has 0 N–H and O–H groups in total. The maximum atomic E-state index is 13.0. The van der Waals surface area contributed by atoms with E-state index < -0.39 is 11.6 Å². The van der Waals surface area contributed by atoms with Crippen LogP contribution >= 0.6 is 0 Å². The average molecular weight is 214 g/mol. The third-order valence-electron chi connectivity index (χ3n) is 1.81. The molecule has 2 nitrogen and oxygen atoms in total. The van der Waals surface area contributed by atoms with Gasteiger partial charge in [-0.1, -0.05) is 6.92 Å². The summed E-state index contributed by atoms with van der Waals surface area (Å²) in [6.45, 7) is 1.65. The second-order valence-electron chi connectivity index (χ2n) is 3.15. The lowest BCUT2D eigenvalue weighted by molar-refractivity contribution is -0.121. The lowest BCUT2D eigenvalue weighted by Gasteiger charge is -2.05. The normalized spacial score (nSPS) is 10.1. The predicted octanol–water partition coefficient (Wildman–Crippen LogP) is 2.71. The topological polar surface area (TPSA) is 26.3 Å². The molecule has 0 heterocycles. The first-order chi connectivity index (χ1) is 7.13. The van der Waals surface area contributed by atoms with Crippen molar-refractivity contribution in [3.63, 3.8) is 0 Å². The van der Waals surface area contributed by atoms with Crippen molar-refractivity contribution in [1.29, 1.82) is 0 Å². The number of hydrogen-bond acceptors (Lipinski definition) is 2. The second-order valence-corrected chi connectivity index (χ2v) is 3.15. The summed E-state index contributed by atoms with van der Waals surface area (Å²) in [4.78, 5) is 11.1. The van der Waals surface area contributed by atoms with Gasteiger partial charge in [0.05, 0.1) is 0 Å². The van der Waals surface area contributed by atoms with Gasteiger partial charge in [0.1, 0.15) is 12.4 Å². The maximum Gasteiger partial charge on any atom is 0.170 e. The first-order valence-electron chi connectivity index (χ1n) is 4.73. The van der Waals surface area contributed by atoms with E-state index >= 15 is 0 Å². The molecular weight excluding hydrogens is 202 g/mol. The van der Waals surface area contributed by atoms with Crippen molar-refractivity contribution in [3.8, 4) is 5.75 Å². The van der Waals surface area contributed by atoms with Crippen LogP contribution in [0.15, 0.2) is 18.2 Å². The van der Waals surface area contributed by atoms with Crippen molar-refractivity contribution in [2.75, 3.05) is 6.61 Å². The van der Waals surface area contributed by atoms with Gasteiger partial charge in [-0.2, -0.15) is 0 Å². The molecule has 0 saturated heterocycles. The van der Waals surface area contributed by atoms with Crippen LogP contribution in [0, 0.1) is 11.6 Å². The number of hydrogen-bond donors (Lipinski definition) is 0. The fourth-order valence-electron chi connectivity index (χ4n) is 1.10. The number of benzene rings is 1. The molecule has 15 heavy (non-hydrogen) atoms. The lowest BCUT2D eigenvalue weighted by Crippen LogP contribution is -2.11. The highest BCUT2D eigenvalue weighted by atomic mass is 19.1. The van der Waals surface area contributed by atoms with E-state index in [-0.39, 0.29) is 18.1 Å². The number of halogens is 2. The van der Waals surface area contributed by atoms with Gasteiger partial charge < -0.3 is 4.74 Å². The van der Waals surface area contributed by atoms with Crippen LogP contribution in [0.5, 0.6) is 5.75 Å². The smallest absolute Gasteiger partial charge is 0.170 e. The van der Waals surface area contributed by atoms with E-state index in [0.717, 1.165) is 18.2 Å². The van der Waals surface area contributed by atoms with Crippen molar-refractivity contribution in [2.45, 2.75) is 19.8 Å². The maximum absolute atomic E-state index is 13.0. The molecule has 1 rings (SSSR count).